The van der Waals surface area contributed by atoms with E-state index in [1.807, 2.05) is 75.4 Å². The third kappa shape index (κ3) is 4.40. The molecule has 3 aromatic rings. The lowest BCUT2D eigenvalue weighted by Gasteiger charge is -2.32. The second kappa shape index (κ2) is 10.1. The van der Waals surface area contributed by atoms with Gasteiger partial charge in [-0.25, -0.2) is 0 Å². The highest BCUT2D eigenvalue weighted by atomic mass is 16.2. The number of rotatable bonds is 9. The molecular formula is C28H31N3O3. The van der Waals surface area contributed by atoms with Gasteiger partial charge in [0.2, 0.25) is 11.8 Å². The minimum absolute atomic E-state index is 0.115. The van der Waals surface area contributed by atoms with Crippen molar-refractivity contribution in [2.75, 3.05) is 18.0 Å². The fraction of sp³-hybridized carbons (Fsp3) is 0.321. The largest absolute Gasteiger partial charge is 0.354 e. The molecule has 176 valence electrons. The van der Waals surface area contributed by atoms with Crippen LogP contribution in [0, 0.1) is 6.92 Å². The highest BCUT2D eigenvalue weighted by molar-refractivity contribution is 6.26. The van der Waals surface area contributed by atoms with E-state index in [0.29, 0.717) is 25.1 Å². The van der Waals surface area contributed by atoms with Crippen LogP contribution in [0.25, 0.3) is 10.8 Å². The van der Waals surface area contributed by atoms with Gasteiger partial charge < -0.3 is 10.2 Å². The standard InChI is InChI=1S/C28H31N3O3/c1-4-16-29-27(33)23(5-2)30(17-21-11-7-6-10-19(21)3)25(32)18-31-24-15-9-13-20-12-8-14-22(26(20)24)28(31)34/h6-15,23H,4-5,16-18H2,1-3H3,(H,29,33)/t23-/m0/s1. The lowest BCUT2D eigenvalue weighted by atomic mass is 10.1. The van der Waals surface area contributed by atoms with Crippen molar-refractivity contribution in [1.82, 2.24) is 10.2 Å². The Morgan fingerprint density at radius 2 is 1.74 bits per heavy atom. The quantitative estimate of drug-likeness (QED) is 0.516. The number of amides is 3. The molecule has 34 heavy (non-hydrogen) atoms. The Morgan fingerprint density at radius 1 is 1.00 bits per heavy atom. The van der Waals surface area contributed by atoms with Crippen molar-refractivity contribution in [1.29, 1.82) is 0 Å². The van der Waals surface area contributed by atoms with Crippen molar-refractivity contribution in [3.63, 3.8) is 0 Å². The van der Waals surface area contributed by atoms with Gasteiger partial charge in [0.25, 0.3) is 5.91 Å². The molecule has 0 spiro atoms. The number of carbonyl (C=O) groups is 3. The molecule has 1 aliphatic heterocycles. The number of nitrogens with one attached hydrogen (secondary N) is 1. The molecule has 1 heterocycles. The number of anilines is 1. The van der Waals surface area contributed by atoms with Crippen LogP contribution in [0.4, 0.5) is 5.69 Å². The Labute approximate surface area is 200 Å². The van der Waals surface area contributed by atoms with Crippen molar-refractivity contribution in [3.05, 3.63) is 77.4 Å². The Balaban J connectivity index is 1.65. The molecule has 6 heteroatoms. The van der Waals surface area contributed by atoms with E-state index in [-0.39, 0.29) is 24.3 Å². The molecule has 0 unspecified atom stereocenters. The van der Waals surface area contributed by atoms with Crippen LogP contribution in [0.15, 0.2) is 60.7 Å². The van der Waals surface area contributed by atoms with Crippen LogP contribution in [0.3, 0.4) is 0 Å². The van der Waals surface area contributed by atoms with Crippen molar-refractivity contribution in [2.24, 2.45) is 0 Å². The van der Waals surface area contributed by atoms with Crippen molar-refractivity contribution in [3.8, 4) is 0 Å². The molecule has 0 aromatic heterocycles. The van der Waals surface area contributed by atoms with Crippen LogP contribution in [-0.2, 0) is 16.1 Å². The lowest BCUT2D eigenvalue weighted by Crippen LogP contribution is -2.52. The maximum absolute atomic E-state index is 13.8. The van der Waals surface area contributed by atoms with Crippen LogP contribution in [-0.4, -0.2) is 41.8 Å². The number of benzene rings is 3. The second-order valence-corrected chi connectivity index (χ2v) is 8.74. The van der Waals surface area contributed by atoms with E-state index in [4.69, 9.17) is 0 Å². The zero-order valence-electron chi connectivity index (χ0n) is 20.0. The van der Waals surface area contributed by atoms with Gasteiger partial charge in [-0.1, -0.05) is 62.4 Å². The van der Waals surface area contributed by atoms with Gasteiger partial charge in [0, 0.05) is 24.0 Å². The maximum atomic E-state index is 13.8. The SMILES string of the molecule is CCCNC(=O)[C@H](CC)N(Cc1ccccc1C)C(=O)CN1C(=O)c2cccc3cccc1c23. The normalized spacial score (nSPS) is 13.3. The minimum Gasteiger partial charge on any atom is -0.354 e. The van der Waals surface area contributed by atoms with Crippen LogP contribution in [0.1, 0.15) is 48.2 Å². The van der Waals surface area contributed by atoms with E-state index in [9.17, 15) is 14.4 Å². The molecule has 3 aromatic carbocycles. The zero-order chi connectivity index (χ0) is 24.2. The molecule has 0 saturated heterocycles. The number of hydrogen-bond donors (Lipinski definition) is 1. The predicted molar refractivity (Wildman–Crippen MR) is 135 cm³/mol. The third-order valence-electron chi connectivity index (χ3n) is 6.48. The molecule has 0 fully saturated rings. The van der Waals surface area contributed by atoms with E-state index in [1.54, 1.807) is 15.9 Å². The zero-order valence-corrected chi connectivity index (χ0v) is 20.0. The van der Waals surface area contributed by atoms with E-state index in [1.165, 1.54) is 0 Å². The summed E-state index contributed by atoms with van der Waals surface area (Å²) >= 11 is 0. The number of hydrogen-bond acceptors (Lipinski definition) is 3. The topological polar surface area (TPSA) is 69.7 Å². The summed E-state index contributed by atoms with van der Waals surface area (Å²) in [7, 11) is 0. The summed E-state index contributed by atoms with van der Waals surface area (Å²) in [5.74, 6) is -0.594. The molecule has 1 aliphatic rings. The first-order chi connectivity index (χ1) is 16.5. The average molecular weight is 458 g/mol. The molecule has 0 bridgehead atoms. The van der Waals surface area contributed by atoms with Gasteiger partial charge in [-0.15, -0.1) is 0 Å². The fourth-order valence-corrected chi connectivity index (χ4v) is 4.62. The van der Waals surface area contributed by atoms with Crippen molar-refractivity contribution in [2.45, 2.75) is 46.2 Å². The van der Waals surface area contributed by atoms with E-state index in [2.05, 4.69) is 5.32 Å². The molecule has 0 saturated carbocycles. The van der Waals surface area contributed by atoms with Crippen LogP contribution in [0.5, 0.6) is 0 Å². The highest BCUT2D eigenvalue weighted by Crippen LogP contribution is 2.37. The van der Waals surface area contributed by atoms with E-state index >= 15 is 0 Å². The molecule has 1 atom stereocenters. The molecule has 6 nitrogen and oxygen atoms in total. The average Bonchev–Trinajstić information content (AvgIpc) is 3.11. The first-order valence-corrected chi connectivity index (χ1v) is 11.9. The number of nitrogens with zero attached hydrogens (tertiary/aromatic N) is 2. The molecule has 0 aliphatic carbocycles. The predicted octanol–water partition coefficient (Wildman–Crippen LogP) is 4.44. The Kier molecular flexibility index (Phi) is 6.96. The monoisotopic (exact) mass is 457 g/mol. The first-order valence-electron chi connectivity index (χ1n) is 11.9. The molecule has 0 radical (unpaired) electrons. The Morgan fingerprint density at radius 3 is 2.44 bits per heavy atom. The van der Waals surface area contributed by atoms with Gasteiger partial charge in [0.1, 0.15) is 12.6 Å². The van der Waals surface area contributed by atoms with Crippen molar-refractivity contribution >= 4 is 34.2 Å². The summed E-state index contributed by atoms with van der Waals surface area (Å²) in [5.41, 5.74) is 3.39. The molecule has 3 amide bonds. The van der Waals surface area contributed by atoms with Gasteiger partial charge >= 0.3 is 0 Å². The molecule has 1 N–H and O–H groups in total. The summed E-state index contributed by atoms with van der Waals surface area (Å²) in [6, 6.07) is 18.6. The van der Waals surface area contributed by atoms with Gasteiger partial charge in [-0.2, -0.15) is 0 Å². The van der Waals surface area contributed by atoms with Crippen LogP contribution < -0.4 is 10.2 Å². The van der Waals surface area contributed by atoms with E-state index < -0.39 is 6.04 Å². The summed E-state index contributed by atoms with van der Waals surface area (Å²) in [6.07, 6.45) is 1.30. The maximum Gasteiger partial charge on any atom is 0.259 e. The van der Waals surface area contributed by atoms with Crippen LogP contribution in [0.2, 0.25) is 0 Å². The summed E-state index contributed by atoms with van der Waals surface area (Å²) in [5, 5.41) is 4.79. The molecular weight excluding hydrogens is 426 g/mol. The van der Waals surface area contributed by atoms with Gasteiger partial charge in [-0.05, 0) is 48.4 Å². The lowest BCUT2D eigenvalue weighted by molar-refractivity contribution is -0.140. The number of aryl methyl sites for hydroxylation is 1. The summed E-state index contributed by atoms with van der Waals surface area (Å²) in [4.78, 5) is 43.2. The second-order valence-electron chi connectivity index (χ2n) is 8.74. The van der Waals surface area contributed by atoms with Gasteiger partial charge in [0.05, 0.1) is 5.69 Å². The molecule has 4 rings (SSSR count). The first kappa shape index (κ1) is 23.5. The highest BCUT2D eigenvalue weighted by Gasteiger charge is 2.35. The van der Waals surface area contributed by atoms with Crippen LogP contribution >= 0.6 is 0 Å². The third-order valence-corrected chi connectivity index (χ3v) is 6.48. The fourth-order valence-electron chi connectivity index (χ4n) is 4.62. The smallest absolute Gasteiger partial charge is 0.259 e. The Bertz CT molecular complexity index is 1230. The number of carbonyl (C=O) groups excluding carboxylic acids is 3. The minimum atomic E-state index is -0.616. The van der Waals surface area contributed by atoms with E-state index in [0.717, 1.165) is 34.0 Å². The van der Waals surface area contributed by atoms with Crippen molar-refractivity contribution < 1.29 is 14.4 Å². The van der Waals surface area contributed by atoms with Gasteiger partial charge in [0.15, 0.2) is 0 Å². The summed E-state index contributed by atoms with van der Waals surface area (Å²) < 4.78 is 0. The van der Waals surface area contributed by atoms with Gasteiger partial charge in [-0.3, -0.25) is 19.3 Å². The summed E-state index contributed by atoms with van der Waals surface area (Å²) in [6.45, 7) is 6.65. The Hall–Kier alpha value is -3.67.